The predicted octanol–water partition coefficient (Wildman–Crippen LogP) is 1.77. The highest BCUT2D eigenvalue weighted by atomic mass is 19.1. The van der Waals surface area contributed by atoms with E-state index in [-0.39, 0.29) is 18.2 Å². The fourth-order valence-corrected chi connectivity index (χ4v) is 2.11. The van der Waals surface area contributed by atoms with E-state index in [4.69, 9.17) is 4.74 Å². The van der Waals surface area contributed by atoms with Crippen LogP contribution in [0.5, 0.6) is 0 Å². The molecule has 0 aromatic heterocycles. The molecule has 0 radical (unpaired) electrons. The zero-order chi connectivity index (χ0) is 13.0. The minimum atomic E-state index is -1.17. The van der Waals surface area contributed by atoms with Crippen molar-refractivity contribution in [3.05, 3.63) is 35.4 Å². The predicted molar refractivity (Wildman–Crippen MR) is 63.2 cm³/mol. The lowest BCUT2D eigenvalue weighted by molar-refractivity contribution is 0.0718. The average Bonchev–Trinajstić information content (AvgIpc) is 2.37. The maximum Gasteiger partial charge on any atom is 0.131 e. The van der Waals surface area contributed by atoms with Crippen LogP contribution in [0.3, 0.4) is 0 Å². The molecule has 100 valence electrons. The summed E-state index contributed by atoms with van der Waals surface area (Å²) in [6.07, 6.45) is 0.535. The van der Waals surface area contributed by atoms with E-state index in [0.717, 1.165) is 25.0 Å². The quantitative estimate of drug-likeness (QED) is 0.863. The average molecular weight is 257 g/mol. The van der Waals surface area contributed by atoms with Gasteiger partial charge in [0.2, 0.25) is 0 Å². The molecule has 1 heterocycles. The normalized spacial score (nSPS) is 18.8. The van der Waals surface area contributed by atoms with Crippen molar-refractivity contribution >= 4 is 0 Å². The van der Waals surface area contributed by atoms with Gasteiger partial charge < -0.3 is 15.2 Å². The molecular weight excluding hydrogens is 240 g/mol. The van der Waals surface area contributed by atoms with Crippen molar-refractivity contribution in [2.24, 2.45) is 0 Å². The first-order chi connectivity index (χ1) is 8.68. The number of nitrogens with one attached hydrogen (secondary N) is 1. The molecule has 1 aromatic rings. The summed E-state index contributed by atoms with van der Waals surface area (Å²) in [6, 6.07) is 3.82. The summed E-state index contributed by atoms with van der Waals surface area (Å²) in [5.74, 6) is -1.42. The van der Waals surface area contributed by atoms with Gasteiger partial charge in [-0.05, 0) is 25.0 Å². The summed E-state index contributed by atoms with van der Waals surface area (Å²) in [5, 5.41) is 13.0. The van der Waals surface area contributed by atoms with Gasteiger partial charge in [0, 0.05) is 25.8 Å². The fourth-order valence-electron chi connectivity index (χ4n) is 2.11. The van der Waals surface area contributed by atoms with Gasteiger partial charge in [-0.2, -0.15) is 0 Å². The molecule has 0 aliphatic carbocycles. The summed E-state index contributed by atoms with van der Waals surface area (Å²) < 4.78 is 32.0. The lowest BCUT2D eigenvalue weighted by Gasteiger charge is -2.24. The van der Waals surface area contributed by atoms with Gasteiger partial charge in [0.05, 0.1) is 11.7 Å². The van der Waals surface area contributed by atoms with Crippen molar-refractivity contribution in [3.8, 4) is 0 Å². The third kappa shape index (κ3) is 3.25. The Morgan fingerprint density at radius 3 is 2.50 bits per heavy atom. The lowest BCUT2D eigenvalue weighted by atomic mass is 10.1. The Bertz CT molecular complexity index is 374. The fraction of sp³-hybridized carbons (Fsp3) is 0.538. The van der Waals surface area contributed by atoms with Gasteiger partial charge in [0.1, 0.15) is 11.6 Å². The topological polar surface area (TPSA) is 41.5 Å². The van der Waals surface area contributed by atoms with E-state index >= 15 is 0 Å². The van der Waals surface area contributed by atoms with Crippen molar-refractivity contribution < 1.29 is 18.6 Å². The first kappa shape index (κ1) is 13.4. The minimum Gasteiger partial charge on any atom is -0.387 e. The molecular formula is C13H17F2NO2. The first-order valence-corrected chi connectivity index (χ1v) is 6.11. The number of aliphatic hydroxyl groups is 1. The van der Waals surface area contributed by atoms with E-state index < -0.39 is 17.7 Å². The molecule has 0 bridgehead atoms. The van der Waals surface area contributed by atoms with Crippen molar-refractivity contribution in [2.75, 3.05) is 19.8 Å². The van der Waals surface area contributed by atoms with Crippen molar-refractivity contribution in [1.29, 1.82) is 0 Å². The van der Waals surface area contributed by atoms with Crippen LogP contribution < -0.4 is 5.32 Å². The number of hydrogen-bond acceptors (Lipinski definition) is 3. The Labute approximate surface area is 105 Å². The van der Waals surface area contributed by atoms with Crippen molar-refractivity contribution in [1.82, 2.24) is 5.32 Å². The lowest BCUT2D eigenvalue weighted by Crippen LogP contribution is -2.37. The van der Waals surface area contributed by atoms with Gasteiger partial charge in [-0.25, -0.2) is 8.78 Å². The molecule has 1 aliphatic rings. The number of rotatable bonds is 4. The Morgan fingerprint density at radius 1 is 1.28 bits per heavy atom. The zero-order valence-corrected chi connectivity index (χ0v) is 10.0. The second-order valence-corrected chi connectivity index (χ2v) is 4.45. The van der Waals surface area contributed by atoms with Crippen LogP contribution >= 0.6 is 0 Å². The van der Waals surface area contributed by atoms with Gasteiger partial charge in [-0.1, -0.05) is 6.07 Å². The van der Waals surface area contributed by atoms with Gasteiger partial charge in [0.15, 0.2) is 0 Å². The molecule has 1 atom stereocenters. The number of benzene rings is 1. The number of aliphatic hydroxyl groups excluding tert-OH is 1. The highest BCUT2D eigenvalue weighted by Gasteiger charge is 2.20. The van der Waals surface area contributed by atoms with Crippen LogP contribution in [0.15, 0.2) is 18.2 Å². The molecule has 0 saturated carbocycles. The summed E-state index contributed by atoms with van der Waals surface area (Å²) >= 11 is 0. The van der Waals surface area contributed by atoms with Crippen LogP contribution in [0, 0.1) is 11.6 Å². The van der Waals surface area contributed by atoms with Gasteiger partial charge in [-0.3, -0.25) is 0 Å². The van der Waals surface area contributed by atoms with Crippen LogP contribution in [-0.2, 0) is 4.74 Å². The van der Waals surface area contributed by atoms with Crippen LogP contribution in [0.2, 0.25) is 0 Å². The Hall–Kier alpha value is -1.04. The molecule has 1 aliphatic heterocycles. The second-order valence-electron chi connectivity index (χ2n) is 4.45. The maximum atomic E-state index is 13.4. The van der Waals surface area contributed by atoms with E-state index in [1.54, 1.807) is 0 Å². The number of hydrogen-bond donors (Lipinski definition) is 2. The molecule has 2 rings (SSSR count). The zero-order valence-electron chi connectivity index (χ0n) is 10.0. The third-order valence-electron chi connectivity index (χ3n) is 3.15. The smallest absolute Gasteiger partial charge is 0.131 e. The molecule has 1 fully saturated rings. The van der Waals surface area contributed by atoms with E-state index in [9.17, 15) is 13.9 Å². The molecule has 0 amide bonds. The standard InChI is InChI=1S/C13H17F2NO2/c14-10-2-1-3-11(15)13(10)12(17)8-16-9-4-6-18-7-5-9/h1-3,9,12,16-17H,4-8H2. The van der Waals surface area contributed by atoms with Gasteiger partial charge in [-0.15, -0.1) is 0 Å². The third-order valence-corrected chi connectivity index (χ3v) is 3.15. The molecule has 0 spiro atoms. The molecule has 1 unspecified atom stereocenters. The van der Waals surface area contributed by atoms with Crippen LogP contribution in [0.1, 0.15) is 24.5 Å². The van der Waals surface area contributed by atoms with Gasteiger partial charge in [0.25, 0.3) is 0 Å². The first-order valence-electron chi connectivity index (χ1n) is 6.11. The van der Waals surface area contributed by atoms with Crippen molar-refractivity contribution in [2.45, 2.75) is 25.0 Å². The van der Waals surface area contributed by atoms with Crippen LogP contribution in [0.25, 0.3) is 0 Å². The Morgan fingerprint density at radius 2 is 1.89 bits per heavy atom. The molecule has 2 N–H and O–H groups in total. The maximum absolute atomic E-state index is 13.4. The Balaban J connectivity index is 1.92. The number of halogens is 2. The Kier molecular flexibility index (Phi) is 4.63. The van der Waals surface area contributed by atoms with Crippen molar-refractivity contribution in [3.63, 3.8) is 0 Å². The molecule has 1 saturated heterocycles. The minimum absolute atomic E-state index is 0.141. The summed E-state index contributed by atoms with van der Waals surface area (Å²) in [6.45, 7) is 1.51. The van der Waals surface area contributed by atoms with Crippen LogP contribution in [-0.4, -0.2) is 30.9 Å². The monoisotopic (exact) mass is 257 g/mol. The molecule has 1 aromatic carbocycles. The summed E-state index contributed by atoms with van der Waals surface area (Å²) in [4.78, 5) is 0. The largest absolute Gasteiger partial charge is 0.387 e. The highest BCUT2D eigenvalue weighted by molar-refractivity contribution is 5.22. The van der Waals surface area contributed by atoms with E-state index in [1.807, 2.05) is 0 Å². The molecule has 18 heavy (non-hydrogen) atoms. The summed E-state index contributed by atoms with van der Waals surface area (Å²) in [5.41, 5.74) is -0.267. The SMILES string of the molecule is OC(CNC1CCOCC1)c1c(F)cccc1F. The van der Waals surface area contributed by atoms with E-state index in [2.05, 4.69) is 5.32 Å². The van der Waals surface area contributed by atoms with E-state index in [1.165, 1.54) is 6.07 Å². The molecule has 5 heteroatoms. The number of ether oxygens (including phenoxy) is 1. The molecule has 3 nitrogen and oxygen atoms in total. The van der Waals surface area contributed by atoms with Crippen LogP contribution in [0.4, 0.5) is 8.78 Å². The van der Waals surface area contributed by atoms with Gasteiger partial charge >= 0.3 is 0 Å². The van der Waals surface area contributed by atoms with E-state index in [0.29, 0.717) is 13.2 Å². The highest BCUT2D eigenvalue weighted by Crippen LogP contribution is 2.20. The summed E-state index contributed by atoms with van der Waals surface area (Å²) in [7, 11) is 0. The second kappa shape index (κ2) is 6.22.